The number of hydrogen-bond donors (Lipinski definition) is 0. The van der Waals surface area contributed by atoms with E-state index in [4.69, 9.17) is 17.0 Å². The summed E-state index contributed by atoms with van der Waals surface area (Å²) in [5, 5.41) is 0. The summed E-state index contributed by atoms with van der Waals surface area (Å²) < 4.78 is 0. The normalized spacial score (nSPS) is 37.3. The van der Waals surface area contributed by atoms with E-state index in [9.17, 15) is 0 Å². The maximum absolute atomic E-state index is 4.93. The van der Waals surface area contributed by atoms with E-state index in [1.54, 1.807) is 0 Å². The second-order valence-electron chi connectivity index (χ2n) is 13.7. The van der Waals surface area contributed by atoms with E-state index in [2.05, 4.69) is 116 Å². The van der Waals surface area contributed by atoms with Gasteiger partial charge in [-0.1, -0.05) is 103 Å². The molecular weight excluding hydrogens is 619 g/mol. The molecule has 2 unspecified atom stereocenters. The van der Waals surface area contributed by atoms with Crippen molar-refractivity contribution < 1.29 is 20.8 Å². The van der Waals surface area contributed by atoms with Crippen LogP contribution in [0.5, 0.6) is 0 Å². The Hall–Kier alpha value is 0.423. The summed E-state index contributed by atoms with van der Waals surface area (Å²) in [7, 11) is 9.87. The molecule has 0 aromatic heterocycles. The van der Waals surface area contributed by atoms with Crippen LogP contribution in [0.25, 0.3) is 0 Å². The zero-order valence-corrected chi connectivity index (χ0v) is 29.9. The number of halogens is 2. The summed E-state index contributed by atoms with van der Waals surface area (Å²) >= 11 is -0.826. The monoisotopic (exact) mass is 664 g/mol. The van der Waals surface area contributed by atoms with Crippen molar-refractivity contribution in [1.82, 2.24) is 0 Å². The fraction of sp³-hybridized carbons (Fsp3) is 0.579. The fourth-order valence-electron chi connectivity index (χ4n) is 8.22. The Morgan fingerprint density at radius 3 is 1.37 bits per heavy atom. The van der Waals surface area contributed by atoms with Crippen molar-refractivity contribution in [1.29, 1.82) is 0 Å². The number of allylic oxidation sites excluding steroid dienone is 8. The van der Waals surface area contributed by atoms with Crippen LogP contribution in [0.3, 0.4) is 0 Å². The number of hydrogen-bond acceptors (Lipinski definition) is 0. The molecule has 41 heavy (non-hydrogen) atoms. The molecule has 4 saturated carbocycles. The summed E-state index contributed by atoms with van der Waals surface area (Å²) in [5.74, 6) is 13.0. The number of rotatable bonds is 4. The summed E-state index contributed by atoms with van der Waals surface area (Å²) in [6.07, 6.45) is 39.6. The van der Waals surface area contributed by atoms with Crippen LogP contribution in [-0.2, 0) is 20.8 Å². The van der Waals surface area contributed by atoms with E-state index in [0.29, 0.717) is 11.8 Å². The van der Waals surface area contributed by atoms with Gasteiger partial charge in [0.05, 0.1) is 0 Å². The van der Waals surface area contributed by atoms with Crippen LogP contribution < -0.4 is 0 Å². The molecule has 0 aromatic rings. The van der Waals surface area contributed by atoms with E-state index >= 15 is 0 Å². The Morgan fingerprint density at radius 1 is 0.634 bits per heavy atom. The standard InChI is InChI=1S/2C19H24.2ClH.Zr/c2*1-13(2)16-10-8-14(3)12-19(16)18-11-9-15-6-4-5-7-17(15)18;;;/h2*4-7,13-14,16,18-19H,8,10,12H2,1-3H3;2*1H;/q;;;;+4/p-2/t2*14-,16+,18-,19?;;;/m10.../s1. The minimum absolute atomic E-state index is 0.492. The molecule has 0 N–H and O–H groups in total. The van der Waals surface area contributed by atoms with Gasteiger partial charge in [-0.3, -0.25) is 0 Å². The van der Waals surface area contributed by atoms with Gasteiger partial charge < -0.3 is 0 Å². The van der Waals surface area contributed by atoms with Crippen molar-refractivity contribution in [2.45, 2.75) is 80.1 Å². The summed E-state index contributed by atoms with van der Waals surface area (Å²) in [6.45, 7) is 14.4. The first-order chi connectivity index (χ1) is 19.7. The van der Waals surface area contributed by atoms with Gasteiger partial charge in [0.15, 0.2) is 0 Å². The van der Waals surface area contributed by atoms with E-state index in [1.165, 1.54) is 62.2 Å². The minimum atomic E-state index is -0.826. The molecule has 0 nitrogen and oxygen atoms in total. The van der Waals surface area contributed by atoms with Crippen LogP contribution in [0.2, 0.25) is 0 Å². The molecule has 0 heterocycles. The first-order valence-electron chi connectivity index (χ1n) is 15.9. The fourth-order valence-corrected chi connectivity index (χ4v) is 8.22. The van der Waals surface area contributed by atoms with Crippen molar-refractivity contribution in [3.8, 4) is 0 Å². The third kappa shape index (κ3) is 8.78. The Morgan fingerprint density at radius 2 is 1.00 bits per heavy atom. The SMILES string of the molecule is CC(C)[C@@H]1CC[C@@H](C)CC1[C@@H]1[C][C][C]2C=CC=C[C]21.CC(C)[C@H]1CC[C@H](C)CC1[C@H]1[C][C][C]2C=CC=C[C]21.[Cl][Zr+2][Cl]. The second-order valence-corrected chi connectivity index (χ2v) is 17.5. The topological polar surface area (TPSA) is 0 Å². The van der Waals surface area contributed by atoms with Crippen molar-refractivity contribution >= 4 is 17.0 Å². The van der Waals surface area contributed by atoms with Gasteiger partial charge in [0.1, 0.15) is 0 Å². The van der Waals surface area contributed by atoms with Gasteiger partial charge in [0, 0.05) is 36.5 Å². The molecule has 6 aliphatic rings. The quantitative estimate of drug-likeness (QED) is 0.280. The molecule has 216 valence electrons. The Labute approximate surface area is 273 Å². The first kappa shape index (κ1) is 34.3. The molecule has 6 rings (SSSR count). The molecule has 0 bridgehead atoms. The van der Waals surface area contributed by atoms with E-state index in [-0.39, 0.29) is 0 Å². The molecular formula is C38H48Cl2Zr+2. The number of fused-ring (bicyclic) bond motifs is 2. The average molecular weight is 667 g/mol. The summed E-state index contributed by atoms with van der Waals surface area (Å²) in [6, 6.07) is 0. The summed E-state index contributed by atoms with van der Waals surface area (Å²) in [5.41, 5.74) is 0. The Bertz CT molecular complexity index is 830. The molecule has 3 heteroatoms. The third-order valence-electron chi connectivity index (χ3n) is 10.3. The van der Waals surface area contributed by atoms with E-state index in [1.807, 2.05) is 0 Å². The third-order valence-corrected chi connectivity index (χ3v) is 10.3. The molecule has 12 radical (unpaired) electrons. The van der Waals surface area contributed by atoms with Gasteiger partial charge in [-0.25, -0.2) is 0 Å². The van der Waals surface area contributed by atoms with Crippen molar-refractivity contribution in [3.05, 3.63) is 98.0 Å². The van der Waals surface area contributed by atoms with Gasteiger partial charge in [-0.15, -0.1) is 0 Å². The van der Waals surface area contributed by atoms with Gasteiger partial charge in [-0.05, 0) is 97.7 Å². The first-order valence-corrected chi connectivity index (χ1v) is 22.2. The van der Waals surface area contributed by atoms with Crippen LogP contribution in [0.15, 0.2) is 48.6 Å². The van der Waals surface area contributed by atoms with Crippen molar-refractivity contribution in [2.75, 3.05) is 0 Å². The molecule has 0 aromatic carbocycles. The summed E-state index contributed by atoms with van der Waals surface area (Å²) in [4.78, 5) is 0. The molecule has 4 fully saturated rings. The Balaban J connectivity index is 0.000000173. The van der Waals surface area contributed by atoms with Crippen molar-refractivity contribution in [2.24, 2.45) is 59.2 Å². The predicted molar refractivity (Wildman–Crippen MR) is 171 cm³/mol. The van der Waals surface area contributed by atoms with Gasteiger partial charge in [0.25, 0.3) is 0 Å². The van der Waals surface area contributed by atoms with Crippen LogP contribution in [0.4, 0.5) is 0 Å². The van der Waals surface area contributed by atoms with Crippen LogP contribution in [-0.4, -0.2) is 0 Å². The van der Waals surface area contributed by atoms with Crippen LogP contribution in [0, 0.1) is 109 Å². The Kier molecular flexibility index (Phi) is 13.9. The molecule has 0 saturated heterocycles. The van der Waals surface area contributed by atoms with Crippen molar-refractivity contribution in [3.63, 3.8) is 0 Å². The van der Waals surface area contributed by atoms with Gasteiger partial charge in [0.2, 0.25) is 0 Å². The predicted octanol–water partition coefficient (Wildman–Crippen LogP) is 10.9. The molecule has 0 spiro atoms. The van der Waals surface area contributed by atoms with E-state index < -0.39 is 20.8 Å². The molecule has 6 aliphatic carbocycles. The van der Waals surface area contributed by atoms with Gasteiger partial charge in [-0.2, -0.15) is 0 Å². The van der Waals surface area contributed by atoms with Gasteiger partial charge >= 0.3 is 37.9 Å². The molecule has 0 aliphatic heterocycles. The molecule has 0 amide bonds. The molecule has 8 atom stereocenters. The zero-order chi connectivity index (χ0) is 29.5. The van der Waals surface area contributed by atoms with E-state index in [0.717, 1.165) is 47.3 Å². The van der Waals surface area contributed by atoms with Crippen LogP contribution in [0.1, 0.15) is 80.1 Å². The second kappa shape index (κ2) is 16.7. The average Bonchev–Trinajstić information content (AvgIpc) is 3.58. The van der Waals surface area contributed by atoms with Crippen LogP contribution >= 0.6 is 17.0 Å². The maximum atomic E-state index is 4.93. The zero-order valence-electron chi connectivity index (χ0n) is 25.9.